The zero-order valence-electron chi connectivity index (χ0n) is 11.3. The second-order valence-corrected chi connectivity index (χ2v) is 4.94. The topological polar surface area (TPSA) is 83.6 Å². The lowest BCUT2D eigenvalue weighted by Crippen LogP contribution is -2.39. The maximum atomic E-state index is 11.2. The van der Waals surface area contributed by atoms with Crippen LogP contribution in [0.4, 0.5) is 5.69 Å². The minimum atomic E-state index is -1.07. The standard InChI is InChI=1S/C14H17ClN2O3/c1-9(2)17(8-13(16)18)12-5-3-4-11(15)10(12)6-7-14(19)20/h3-7,9H,8H2,1-2H3,(H2,16,18)(H,19,20). The number of benzene rings is 1. The zero-order chi connectivity index (χ0) is 15.3. The number of nitrogens with zero attached hydrogens (tertiary/aromatic N) is 1. The Bertz CT molecular complexity index is 541. The summed E-state index contributed by atoms with van der Waals surface area (Å²) < 4.78 is 0. The number of amides is 1. The van der Waals surface area contributed by atoms with E-state index in [1.165, 1.54) is 6.08 Å². The molecular weight excluding hydrogens is 280 g/mol. The van der Waals surface area contributed by atoms with Crippen LogP contribution in [0.1, 0.15) is 19.4 Å². The van der Waals surface area contributed by atoms with Crippen LogP contribution in [0.25, 0.3) is 6.08 Å². The first-order chi connectivity index (χ1) is 9.32. The number of anilines is 1. The molecule has 0 radical (unpaired) electrons. The smallest absolute Gasteiger partial charge is 0.328 e. The first kappa shape index (κ1) is 16.0. The number of carbonyl (C=O) groups excluding carboxylic acids is 1. The molecule has 1 rings (SSSR count). The van der Waals surface area contributed by atoms with E-state index in [0.717, 1.165) is 6.08 Å². The van der Waals surface area contributed by atoms with Gasteiger partial charge >= 0.3 is 5.97 Å². The van der Waals surface area contributed by atoms with E-state index < -0.39 is 11.9 Å². The average molecular weight is 297 g/mol. The normalized spacial score (nSPS) is 11.0. The molecule has 0 aliphatic rings. The van der Waals surface area contributed by atoms with E-state index in [1.54, 1.807) is 23.1 Å². The quantitative estimate of drug-likeness (QED) is 0.788. The van der Waals surface area contributed by atoms with Crippen LogP contribution < -0.4 is 10.6 Å². The predicted molar refractivity (Wildman–Crippen MR) is 79.8 cm³/mol. The molecule has 0 aliphatic heterocycles. The van der Waals surface area contributed by atoms with Gasteiger partial charge < -0.3 is 15.7 Å². The van der Waals surface area contributed by atoms with Gasteiger partial charge in [0.2, 0.25) is 5.91 Å². The summed E-state index contributed by atoms with van der Waals surface area (Å²) in [6.07, 6.45) is 2.42. The number of carboxylic acids is 1. The minimum Gasteiger partial charge on any atom is -0.478 e. The average Bonchev–Trinajstić information content (AvgIpc) is 2.33. The van der Waals surface area contributed by atoms with Crippen LogP contribution in [0, 0.1) is 0 Å². The number of carbonyl (C=O) groups is 2. The highest BCUT2D eigenvalue weighted by Gasteiger charge is 2.17. The Morgan fingerprint density at radius 2 is 2.10 bits per heavy atom. The Morgan fingerprint density at radius 3 is 2.60 bits per heavy atom. The lowest BCUT2D eigenvalue weighted by molar-refractivity contribution is -0.131. The summed E-state index contributed by atoms with van der Waals surface area (Å²) in [6.45, 7) is 3.86. The predicted octanol–water partition coefficient (Wildman–Crippen LogP) is 2.14. The number of nitrogens with two attached hydrogens (primary N) is 1. The van der Waals surface area contributed by atoms with Crippen molar-refractivity contribution in [2.75, 3.05) is 11.4 Å². The molecule has 0 bridgehead atoms. The van der Waals surface area contributed by atoms with E-state index in [1.807, 2.05) is 13.8 Å². The van der Waals surface area contributed by atoms with Crippen molar-refractivity contribution in [2.24, 2.45) is 5.73 Å². The van der Waals surface area contributed by atoms with E-state index in [4.69, 9.17) is 22.4 Å². The summed E-state index contributed by atoms with van der Waals surface area (Å²) in [7, 11) is 0. The van der Waals surface area contributed by atoms with E-state index in [-0.39, 0.29) is 12.6 Å². The zero-order valence-corrected chi connectivity index (χ0v) is 12.1. The Kier molecular flexibility index (Phi) is 5.58. The van der Waals surface area contributed by atoms with Gasteiger partial charge in [0.1, 0.15) is 0 Å². The minimum absolute atomic E-state index is 0.0120. The molecule has 0 saturated carbocycles. The molecule has 108 valence electrons. The molecular formula is C14H17ClN2O3. The summed E-state index contributed by atoms with van der Waals surface area (Å²) >= 11 is 6.11. The lowest BCUT2D eigenvalue weighted by Gasteiger charge is -2.29. The lowest BCUT2D eigenvalue weighted by atomic mass is 10.1. The number of rotatable bonds is 6. The number of aliphatic carboxylic acids is 1. The molecule has 0 fully saturated rings. The highest BCUT2D eigenvalue weighted by Crippen LogP contribution is 2.30. The van der Waals surface area contributed by atoms with E-state index >= 15 is 0 Å². The van der Waals surface area contributed by atoms with E-state index in [9.17, 15) is 9.59 Å². The van der Waals surface area contributed by atoms with Crippen LogP contribution >= 0.6 is 11.6 Å². The maximum Gasteiger partial charge on any atom is 0.328 e. The summed E-state index contributed by atoms with van der Waals surface area (Å²) in [5.74, 6) is -1.53. The summed E-state index contributed by atoms with van der Waals surface area (Å²) in [4.78, 5) is 23.6. The third-order valence-corrected chi connectivity index (χ3v) is 3.01. The summed E-state index contributed by atoms with van der Waals surface area (Å²) in [6, 6.07) is 5.19. The highest BCUT2D eigenvalue weighted by molar-refractivity contribution is 6.32. The number of carboxylic acid groups (broad SMARTS) is 1. The van der Waals surface area contributed by atoms with Crippen molar-refractivity contribution in [3.63, 3.8) is 0 Å². The molecule has 0 atom stereocenters. The van der Waals surface area contributed by atoms with Crippen LogP contribution in [-0.2, 0) is 9.59 Å². The molecule has 1 aromatic carbocycles. The number of halogens is 1. The van der Waals surface area contributed by atoms with Crippen LogP contribution in [-0.4, -0.2) is 29.6 Å². The fraction of sp³-hybridized carbons (Fsp3) is 0.286. The second kappa shape index (κ2) is 6.96. The van der Waals surface area contributed by atoms with E-state index in [0.29, 0.717) is 16.3 Å². The SMILES string of the molecule is CC(C)N(CC(N)=O)c1cccc(Cl)c1C=CC(=O)O. The van der Waals surface area contributed by atoms with Crippen molar-refractivity contribution in [3.8, 4) is 0 Å². The van der Waals surface area contributed by atoms with Gasteiger partial charge in [-0.25, -0.2) is 4.79 Å². The van der Waals surface area contributed by atoms with Crippen molar-refractivity contribution in [3.05, 3.63) is 34.9 Å². The number of hydrogen-bond donors (Lipinski definition) is 2. The highest BCUT2D eigenvalue weighted by atomic mass is 35.5. The molecule has 1 amide bonds. The second-order valence-electron chi connectivity index (χ2n) is 4.53. The fourth-order valence-corrected chi connectivity index (χ4v) is 2.04. The molecule has 0 spiro atoms. The molecule has 0 aliphatic carbocycles. The molecule has 6 heteroatoms. The number of primary amides is 1. The van der Waals surface area contributed by atoms with Crippen molar-refractivity contribution < 1.29 is 14.7 Å². The largest absolute Gasteiger partial charge is 0.478 e. The van der Waals surface area contributed by atoms with Gasteiger partial charge in [0, 0.05) is 28.4 Å². The molecule has 0 aromatic heterocycles. The molecule has 1 aromatic rings. The maximum absolute atomic E-state index is 11.2. The third-order valence-electron chi connectivity index (χ3n) is 2.68. The summed E-state index contributed by atoms with van der Waals surface area (Å²) in [5, 5.41) is 9.14. The molecule has 0 unspecified atom stereocenters. The van der Waals surface area contributed by atoms with Gasteiger partial charge in [-0.1, -0.05) is 17.7 Å². The monoisotopic (exact) mass is 296 g/mol. The van der Waals surface area contributed by atoms with Gasteiger partial charge in [-0.05, 0) is 32.1 Å². The first-order valence-electron chi connectivity index (χ1n) is 6.07. The molecule has 3 N–H and O–H groups in total. The Balaban J connectivity index is 3.30. The van der Waals surface area contributed by atoms with Gasteiger partial charge in [-0.2, -0.15) is 0 Å². The van der Waals surface area contributed by atoms with Crippen molar-refractivity contribution in [1.82, 2.24) is 0 Å². The van der Waals surface area contributed by atoms with Crippen LogP contribution in [0.15, 0.2) is 24.3 Å². The van der Waals surface area contributed by atoms with Crippen LogP contribution in [0.3, 0.4) is 0 Å². The van der Waals surface area contributed by atoms with Gasteiger partial charge in [0.25, 0.3) is 0 Å². The first-order valence-corrected chi connectivity index (χ1v) is 6.45. The number of hydrogen-bond acceptors (Lipinski definition) is 3. The van der Waals surface area contributed by atoms with Gasteiger partial charge in [0.05, 0.1) is 6.54 Å². The Labute approximate surface area is 122 Å². The Morgan fingerprint density at radius 1 is 1.45 bits per heavy atom. The van der Waals surface area contributed by atoms with Crippen molar-refractivity contribution in [2.45, 2.75) is 19.9 Å². The van der Waals surface area contributed by atoms with Crippen molar-refractivity contribution >= 4 is 35.2 Å². The molecule has 5 nitrogen and oxygen atoms in total. The van der Waals surface area contributed by atoms with E-state index in [2.05, 4.69) is 0 Å². The van der Waals surface area contributed by atoms with Gasteiger partial charge in [-0.3, -0.25) is 4.79 Å². The van der Waals surface area contributed by atoms with Crippen molar-refractivity contribution in [1.29, 1.82) is 0 Å². The van der Waals surface area contributed by atoms with Gasteiger partial charge in [-0.15, -0.1) is 0 Å². The van der Waals surface area contributed by atoms with Gasteiger partial charge in [0.15, 0.2) is 0 Å². The molecule has 0 heterocycles. The summed E-state index contributed by atoms with van der Waals surface area (Å²) in [5.41, 5.74) is 6.47. The van der Waals surface area contributed by atoms with Crippen LogP contribution in [0.2, 0.25) is 5.02 Å². The fourth-order valence-electron chi connectivity index (χ4n) is 1.81. The molecule has 0 saturated heterocycles. The Hall–Kier alpha value is -2.01. The molecule has 20 heavy (non-hydrogen) atoms. The third kappa shape index (κ3) is 4.28. The van der Waals surface area contributed by atoms with Crippen LogP contribution in [0.5, 0.6) is 0 Å².